The summed E-state index contributed by atoms with van der Waals surface area (Å²) < 4.78 is 5.96. The average Bonchev–Trinajstić information content (AvgIpc) is 2.28. The third-order valence-corrected chi connectivity index (χ3v) is 3.07. The molecule has 1 N–H and O–H groups in total. The van der Waals surface area contributed by atoms with Crippen LogP contribution in [0.3, 0.4) is 0 Å². The molecule has 0 saturated heterocycles. The molecule has 0 saturated carbocycles. The van der Waals surface area contributed by atoms with Gasteiger partial charge in [-0.05, 0) is 37.4 Å². The molecule has 0 bridgehead atoms. The number of nitrogens with one attached hydrogen (secondary N) is 1. The second-order valence-corrected chi connectivity index (χ2v) is 5.80. The van der Waals surface area contributed by atoms with Crippen molar-refractivity contribution in [2.75, 3.05) is 13.7 Å². The molecule has 18 heavy (non-hydrogen) atoms. The quantitative estimate of drug-likeness (QED) is 0.872. The summed E-state index contributed by atoms with van der Waals surface area (Å²) in [7, 11) is 1.98. The van der Waals surface area contributed by atoms with Crippen LogP contribution in [0.25, 0.3) is 0 Å². The lowest BCUT2D eigenvalue weighted by Crippen LogP contribution is -2.41. The van der Waals surface area contributed by atoms with Crippen molar-refractivity contribution in [1.29, 1.82) is 0 Å². The lowest BCUT2D eigenvalue weighted by molar-refractivity contribution is -0.0351. The lowest BCUT2D eigenvalue weighted by atomic mass is 9.82. The third-order valence-electron chi connectivity index (χ3n) is 3.07. The van der Waals surface area contributed by atoms with Crippen LogP contribution in [0.15, 0.2) is 18.5 Å². The molecule has 0 aliphatic rings. The van der Waals surface area contributed by atoms with Gasteiger partial charge in [-0.25, -0.2) is 0 Å². The van der Waals surface area contributed by atoms with Gasteiger partial charge in [-0.3, -0.25) is 4.98 Å². The Morgan fingerprint density at radius 3 is 2.44 bits per heavy atom. The Kier molecular flexibility index (Phi) is 5.29. The molecule has 3 nitrogen and oxygen atoms in total. The Hall–Kier alpha value is -0.930. The molecule has 0 aliphatic heterocycles. The van der Waals surface area contributed by atoms with Gasteiger partial charge in [-0.2, -0.15) is 0 Å². The summed E-state index contributed by atoms with van der Waals surface area (Å²) in [6.07, 6.45) is 3.92. The summed E-state index contributed by atoms with van der Waals surface area (Å²) in [4.78, 5) is 4.28. The number of hydrogen-bond acceptors (Lipinski definition) is 3. The maximum Gasteiger partial charge on any atom is 0.0818 e. The largest absolute Gasteiger partial charge is 0.376 e. The zero-order chi connectivity index (χ0) is 13.8. The number of aromatic nitrogens is 1. The maximum atomic E-state index is 5.96. The Bertz CT molecular complexity index is 371. The van der Waals surface area contributed by atoms with E-state index in [9.17, 15) is 0 Å². The van der Waals surface area contributed by atoms with Gasteiger partial charge in [0.05, 0.1) is 12.1 Å². The van der Waals surface area contributed by atoms with Crippen LogP contribution in [0.2, 0.25) is 0 Å². The minimum atomic E-state index is 0.0768. The SMILES string of the molecule is CCOC(C(NC)c1cncc(C)c1)C(C)(C)C. The summed E-state index contributed by atoms with van der Waals surface area (Å²) in [6.45, 7) is 11.5. The monoisotopic (exact) mass is 250 g/mol. The predicted molar refractivity (Wildman–Crippen MR) is 75.6 cm³/mol. The van der Waals surface area contributed by atoms with Crippen molar-refractivity contribution in [2.45, 2.75) is 46.8 Å². The highest BCUT2D eigenvalue weighted by molar-refractivity contribution is 5.22. The van der Waals surface area contributed by atoms with Gasteiger partial charge < -0.3 is 10.1 Å². The predicted octanol–water partition coefficient (Wildman–Crippen LogP) is 3.10. The van der Waals surface area contributed by atoms with Crippen LogP contribution >= 0.6 is 0 Å². The molecule has 0 spiro atoms. The fourth-order valence-corrected chi connectivity index (χ4v) is 2.27. The summed E-state index contributed by atoms with van der Waals surface area (Å²) in [5.41, 5.74) is 2.44. The van der Waals surface area contributed by atoms with Gasteiger partial charge in [0, 0.05) is 19.0 Å². The second kappa shape index (κ2) is 6.30. The van der Waals surface area contributed by atoms with E-state index in [0.717, 1.165) is 6.61 Å². The highest BCUT2D eigenvalue weighted by atomic mass is 16.5. The molecular formula is C15H26N2O. The van der Waals surface area contributed by atoms with Crippen molar-refractivity contribution in [3.05, 3.63) is 29.6 Å². The molecule has 1 rings (SSSR count). The van der Waals surface area contributed by atoms with E-state index in [-0.39, 0.29) is 17.6 Å². The van der Waals surface area contributed by atoms with Crippen LogP contribution in [0.1, 0.15) is 44.9 Å². The third kappa shape index (κ3) is 3.79. The first-order valence-corrected chi connectivity index (χ1v) is 6.60. The Morgan fingerprint density at radius 1 is 1.33 bits per heavy atom. The minimum absolute atomic E-state index is 0.0768. The maximum absolute atomic E-state index is 5.96. The molecule has 2 unspecified atom stereocenters. The van der Waals surface area contributed by atoms with Gasteiger partial charge in [-0.1, -0.05) is 26.8 Å². The smallest absolute Gasteiger partial charge is 0.0818 e. The minimum Gasteiger partial charge on any atom is -0.376 e. The number of rotatable bonds is 5. The number of hydrogen-bond donors (Lipinski definition) is 1. The molecule has 102 valence electrons. The molecule has 0 fully saturated rings. The first-order valence-electron chi connectivity index (χ1n) is 6.60. The van der Waals surface area contributed by atoms with E-state index in [1.54, 1.807) is 0 Å². The van der Waals surface area contributed by atoms with Crippen LogP contribution in [0.5, 0.6) is 0 Å². The topological polar surface area (TPSA) is 34.1 Å². The van der Waals surface area contributed by atoms with Crippen molar-refractivity contribution >= 4 is 0 Å². The number of likely N-dealkylation sites (N-methyl/N-ethyl adjacent to an activating group) is 1. The van der Waals surface area contributed by atoms with Crippen molar-refractivity contribution in [3.63, 3.8) is 0 Å². The summed E-state index contributed by atoms with van der Waals surface area (Å²) >= 11 is 0. The average molecular weight is 250 g/mol. The fourth-order valence-electron chi connectivity index (χ4n) is 2.27. The molecule has 1 aromatic heterocycles. The number of pyridine rings is 1. The van der Waals surface area contributed by atoms with E-state index in [2.05, 4.69) is 44.1 Å². The first kappa shape index (κ1) is 15.1. The van der Waals surface area contributed by atoms with E-state index in [1.807, 2.05) is 26.4 Å². The van der Waals surface area contributed by atoms with Crippen molar-refractivity contribution < 1.29 is 4.74 Å². The Morgan fingerprint density at radius 2 is 2.00 bits per heavy atom. The summed E-state index contributed by atoms with van der Waals surface area (Å²) in [5, 5.41) is 3.37. The highest BCUT2D eigenvalue weighted by Crippen LogP contribution is 2.32. The molecule has 0 amide bonds. The van der Waals surface area contributed by atoms with Gasteiger partial charge in [0.2, 0.25) is 0 Å². The van der Waals surface area contributed by atoms with Crippen molar-refractivity contribution in [2.24, 2.45) is 5.41 Å². The van der Waals surface area contributed by atoms with Gasteiger partial charge >= 0.3 is 0 Å². The molecule has 0 aromatic carbocycles. The van der Waals surface area contributed by atoms with E-state index in [0.29, 0.717) is 0 Å². The van der Waals surface area contributed by atoms with Crippen LogP contribution in [0.4, 0.5) is 0 Å². The molecule has 3 heteroatoms. The van der Waals surface area contributed by atoms with Crippen LogP contribution < -0.4 is 5.32 Å². The van der Waals surface area contributed by atoms with Gasteiger partial charge in [-0.15, -0.1) is 0 Å². The summed E-state index contributed by atoms with van der Waals surface area (Å²) in [6, 6.07) is 2.34. The van der Waals surface area contributed by atoms with E-state index in [1.165, 1.54) is 11.1 Å². The van der Waals surface area contributed by atoms with Gasteiger partial charge in [0.15, 0.2) is 0 Å². The molecule has 2 atom stereocenters. The van der Waals surface area contributed by atoms with Crippen molar-refractivity contribution in [1.82, 2.24) is 10.3 Å². The zero-order valence-electron chi connectivity index (χ0n) is 12.4. The molecule has 1 heterocycles. The van der Waals surface area contributed by atoms with E-state index in [4.69, 9.17) is 4.74 Å². The molecular weight excluding hydrogens is 224 g/mol. The number of nitrogens with zero attached hydrogens (tertiary/aromatic N) is 1. The van der Waals surface area contributed by atoms with Crippen molar-refractivity contribution in [3.8, 4) is 0 Å². The Balaban J connectivity index is 3.06. The van der Waals surface area contributed by atoms with Gasteiger partial charge in [0.1, 0.15) is 0 Å². The second-order valence-electron chi connectivity index (χ2n) is 5.80. The molecule has 0 aliphatic carbocycles. The van der Waals surface area contributed by atoms with E-state index < -0.39 is 0 Å². The van der Waals surface area contributed by atoms with Crippen LogP contribution in [-0.4, -0.2) is 24.7 Å². The summed E-state index contributed by atoms with van der Waals surface area (Å²) in [5.74, 6) is 0. The highest BCUT2D eigenvalue weighted by Gasteiger charge is 2.33. The van der Waals surface area contributed by atoms with Gasteiger partial charge in [0.25, 0.3) is 0 Å². The Labute approximate surface area is 111 Å². The molecule has 1 aromatic rings. The van der Waals surface area contributed by atoms with Crippen LogP contribution in [0, 0.1) is 12.3 Å². The molecule has 0 radical (unpaired) electrons. The standard InChI is InChI=1S/C15H26N2O/c1-7-18-14(15(3,4)5)13(16-6)12-8-11(2)9-17-10-12/h8-10,13-14,16H,7H2,1-6H3. The first-order chi connectivity index (χ1) is 8.40. The zero-order valence-corrected chi connectivity index (χ0v) is 12.4. The number of ether oxygens (including phenoxy) is 1. The fraction of sp³-hybridized carbons (Fsp3) is 0.667. The van der Waals surface area contributed by atoms with Crippen LogP contribution in [-0.2, 0) is 4.74 Å². The number of aryl methyl sites for hydroxylation is 1. The van der Waals surface area contributed by atoms with E-state index >= 15 is 0 Å². The normalized spacial score (nSPS) is 15.4. The lowest BCUT2D eigenvalue weighted by Gasteiger charge is -2.36.